The fourth-order valence-corrected chi connectivity index (χ4v) is 5.34. The van der Waals surface area contributed by atoms with E-state index < -0.39 is 34.3 Å². The Morgan fingerprint density at radius 3 is 2.26 bits per heavy atom. The molecule has 7 nitrogen and oxygen atoms in total. The molecule has 1 aromatic rings. The van der Waals surface area contributed by atoms with Crippen LogP contribution in [0.4, 0.5) is 17.6 Å². The van der Waals surface area contributed by atoms with Gasteiger partial charge in [-0.15, -0.1) is 13.2 Å². The summed E-state index contributed by atoms with van der Waals surface area (Å²) in [6, 6.07) is 2.82. The summed E-state index contributed by atoms with van der Waals surface area (Å²) in [6.45, 7) is 0.421. The zero-order chi connectivity index (χ0) is 22.8. The average molecular weight is 467 g/mol. The van der Waals surface area contributed by atoms with E-state index in [1.54, 1.807) is 0 Å². The Morgan fingerprint density at radius 2 is 1.74 bits per heavy atom. The van der Waals surface area contributed by atoms with Gasteiger partial charge in [0.2, 0.25) is 15.9 Å². The number of rotatable bonds is 6. The predicted molar refractivity (Wildman–Crippen MR) is 103 cm³/mol. The number of sulfonamides is 1. The molecule has 0 aromatic heterocycles. The number of halogens is 4. The lowest BCUT2D eigenvalue weighted by Crippen LogP contribution is -2.49. The first-order chi connectivity index (χ1) is 14.4. The Balaban J connectivity index is 1.52. The van der Waals surface area contributed by atoms with Crippen LogP contribution in [-0.4, -0.2) is 56.9 Å². The molecule has 2 aliphatic rings. The van der Waals surface area contributed by atoms with Crippen molar-refractivity contribution < 1.29 is 35.5 Å². The predicted octanol–water partition coefficient (Wildman–Crippen LogP) is 2.32. The molecule has 12 heteroatoms. The minimum absolute atomic E-state index is 0.0640. The molecule has 3 N–H and O–H groups in total. The molecule has 2 fully saturated rings. The van der Waals surface area contributed by atoms with Gasteiger partial charge in [-0.1, -0.05) is 0 Å². The number of nitrogens with two attached hydrogens (primary N) is 1. The first-order valence-corrected chi connectivity index (χ1v) is 11.5. The average Bonchev–Trinajstić information content (AvgIpc) is 3.12. The summed E-state index contributed by atoms with van der Waals surface area (Å²) in [5.41, 5.74) is 6.09. The van der Waals surface area contributed by atoms with Gasteiger partial charge in [0.15, 0.2) is 0 Å². The number of carbonyl (C=O) groups excluding carboxylic acids is 1. The van der Waals surface area contributed by atoms with Gasteiger partial charge in [0.05, 0.1) is 17.5 Å². The van der Waals surface area contributed by atoms with E-state index in [9.17, 15) is 30.8 Å². The molecule has 1 heterocycles. The van der Waals surface area contributed by atoms with Crippen LogP contribution in [0.2, 0.25) is 0 Å². The fourth-order valence-electron chi connectivity index (χ4n) is 4.03. The van der Waals surface area contributed by atoms with Gasteiger partial charge in [-0.2, -0.15) is 0 Å². The summed E-state index contributed by atoms with van der Waals surface area (Å²) in [6.07, 6.45) is -3.57. The largest absolute Gasteiger partial charge is 0.573 e. The molecule has 1 amide bonds. The number of hydrogen-bond acceptors (Lipinski definition) is 5. The first kappa shape index (κ1) is 23.7. The summed E-state index contributed by atoms with van der Waals surface area (Å²) in [7, 11) is -3.93. The standard InChI is InChI=1S/C19H25F4N3O4S/c20-13-9-10-26(11-13)18(27)17(24)12-1-3-14(4-2-12)25-31(28,29)16-7-5-15(6-8-16)30-19(21,22)23/h5-8,12-14,17,25H,1-4,9-11,24H2/t12?,13-,14?,17+/m1/s1. The van der Waals surface area contributed by atoms with Gasteiger partial charge in [-0.3, -0.25) is 4.79 Å². The topological polar surface area (TPSA) is 102 Å². The smallest absolute Gasteiger partial charge is 0.406 e. The SMILES string of the molecule is N[C@H](C(=O)N1CC[C@@H](F)C1)C1CCC(NS(=O)(=O)c2ccc(OC(F)(F)F)cc2)CC1. The maximum Gasteiger partial charge on any atom is 0.573 e. The number of amides is 1. The first-order valence-electron chi connectivity index (χ1n) is 10.0. The summed E-state index contributed by atoms with van der Waals surface area (Å²) in [5, 5.41) is 0. The van der Waals surface area contributed by atoms with Crippen molar-refractivity contribution in [3.8, 4) is 5.75 Å². The van der Waals surface area contributed by atoms with Crippen LogP contribution in [0.5, 0.6) is 5.75 Å². The van der Waals surface area contributed by atoms with Gasteiger partial charge < -0.3 is 15.4 Å². The quantitative estimate of drug-likeness (QED) is 0.626. The number of carbonyl (C=O) groups is 1. The van der Waals surface area contributed by atoms with Gasteiger partial charge >= 0.3 is 6.36 Å². The second-order valence-corrected chi connectivity index (χ2v) is 9.66. The monoisotopic (exact) mass is 467 g/mol. The third kappa shape index (κ3) is 6.30. The second-order valence-electron chi connectivity index (χ2n) is 7.95. The number of benzene rings is 1. The van der Waals surface area contributed by atoms with Crippen LogP contribution in [0, 0.1) is 5.92 Å². The van der Waals surface area contributed by atoms with Crippen molar-refractivity contribution in [2.45, 2.75) is 61.6 Å². The second kappa shape index (κ2) is 9.29. The van der Waals surface area contributed by atoms with Gasteiger partial charge in [0.25, 0.3) is 0 Å². The van der Waals surface area contributed by atoms with Crippen molar-refractivity contribution in [3.63, 3.8) is 0 Å². The maximum absolute atomic E-state index is 13.3. The Bertz CT molecular complexity index is 871. The van der Waals surface area contributed by atoms with Crippen LogP contribution >= 0.6 is 0 Å². The van der Waals surface area contributed by atoms with Crippen molar-refractivity contribution in [3.05, 3.63) is 24.3 Å². The number of ether oxygens (including phenoxy) is 1. The molecule has 2 atom stereocenters. The van der Waals surface area contributed by atoms with Crippen molar-refractivity contribution in [1.82, 2.24) is 9.62 Å². The van der Waals surface area contributed by atoms with Crippen LogP contribution in [-0.2, 0) is 14.8 Å². The maximum atomic E-state index is 13.3. The molecular weight excluding hydrogens is 442 g/mol. The highest BCUT2D eigenvalue weighted by molar-refractivity contribution is 7.89. The zero-order valence-corrected chi connectivity index (χ0v) is 17.5. The molecule has 1 saturated heterocycles. The summed E-state index contributed by atoms with van der Waals surface area (Å²) in [5.74, 6) is -0.904. The number of alkyl halides is 4. The molecule has 0 spiro atoms. The van der Waals surface area contributed by atoms with Crippen molar-refractivity contribution in [1.29, 1.82) is 0 Å². The molecule has 1 aromatic carbocycles. The third-order valence-electron chi connectivity index (χ3n) is 5.70. The van der Waals surface area contributed by atoms with Crippen LogP contribution < -0.4 is 15.2 Å². The number of likely N-dealkylation sites (tertiary alicyclic amines) is 1. The highest BCUT2D eigenvalue weighted by Crippen LogP contribution is 2.29. The van der Waals surface area contributed by atoms with Gasteiger partial charge in [0.1, 0.15) is 11.9 Å². The van der Waals surface area contributed by atoms with Gasteiger partial charge in [0, 0.05) is 12.6 Å². The molecule has 31 heavy (non-hydrogen) atoms. The van der Waals surface area contributed by atoms with Crippen molar-refractivity contribution in [2.24, 2.45) is 11.7 Å². The fraction of sp³-hybridized carbons (Fsp3) is 0.632. The Labute approximate surface area is 178 Å². The molecular formula is C19H25F4N3O4S. The van der Waals surface area contributed by atoms with E-state index in [1.807, 2.05) is 0 Å². The molecule has 3 rings (SSSR count). The van der Waals surface area contributed by atoms with Gasteiger partial charge in [-0.25, -0.2) is 17.5 Å². The van der Waals surface area contributed by atoms with Crippen molar-refractivity contribution in [2.75, 3.05) is 13.1 Å². The minimum atomic E-state index is -4.86. The summed E-state index contributed by atoms with van der Waals surface area (Å²) >= 11 is 0. The van der Waals surface area contributed by atoms with E-state index in [-0.39, 0.29) is 29.3 Å². The number of nitrogens with one attached hydrogen (secondary N) is 1. The Kier molecular flexibility index (Phi) is 7.11. The van der Waals surface area contributed by atoms with E-state index in [0.29, 0.717) is 38.6 Å². The normalized spacial score (nSPS) is 26.0. The lowest BCUT2D eigenvalue weighted by molar-refractivity contribution is -0.274. The van der Waals surface area contributed by atoms with E-state index in [2.05, 4.69) is 9.46 Å². The molecule has 0 bridgehead atoms. The van der Waals surface area contributed by atoms with Crippen molar-refractivity contribution >= 4 is 15.9 Å². The van der Waals surface area contributed by atoms with Crippen LogP contribution in [0.15, 0.2) is 29.2 Å². The minimum Gasteiger partial charge on any atom is -0.406 e. The molecule has 1 aliphatic heterocycles. The molecule has 1 saturated carbocycles. The Hall–Kier alpha value is -1.92. The van der Waals surface area contributed by atoms with Crippen LogP contribution in [0.3, 0.4) is 0 Å². The molecule has 0 unspecified atom stereocenters. The third-order valence-corrected chi connectivity index (χ3v) is 7.23. The lowest BCUT2D eigenvalue weighted by atomic mass is 9.81. The summed E-state index contributed by atoms with van der Waals surface area (Å²) < 4.78 is 81.4. The highest BCUT2D eigenvalue weighted by Gasteiger charge is 2.36. The molecule has 0 radical (unpaired) electrons. The van der Waals surface area contributed by atoms with Crippen LogP contribution in [0.1, 0.15) is 32.1 Å². The number of hydrogen-bond donors (Lipinski definition) is 2. The van der Waals surface area contributed by atoms with E-state index in [4.69, 9.17) is 5.73 Å². The molecule has 1 aliphatic carbocycles. The highest BCUT2D eigenvalue weighted by atomic mass is 32.2. The van der Waals surface area contributed by atoms with Gasteiger partial charge in [-0.05, 0) is 62.3 Å². The van der Waals surface area contributed by atoms with E-state index in [0.717, 1.165) is 24.3 Å². The van der Waals surface area contributed by atoms with E-state index >= 15 is 0 Å². The number of nitrogens with zero attached hydrogens (tertiary/aromatic N) is 1. The zero-order valence-electron chi connectivity index (χ0n) is 16.6. The van der Waals surface area contributed by atoms with Crippen LogP contribution in [0.25, 0.3) is 0 Å². The molecule has 174 valence electrons. The Morgan fingerprint density at radius 1 is 1.13 bits per heavy atom. The lowest BCUT2D eigenvalue weighted by Gasteiger charge is -2.33. The van der Waals surface area contributed by atoms with E-state index in [1.165, 1.54) is 4.90 Å². The summed E-state index contributed by atoms with van der Waals surface area (Å²) in [4.78, 5) is 13.7.